The van der Waals surface area contributed by atoms with Crippen LogP contribution in [0.15, 0.2) is 48.5 Å². The van der Waals surface area contributed by atoms with Crippen molar-refractivity contribution in [1.29, 1.82) is 0 Å². The Hall–Kier alpha value is -3.28. The molecular formula is C24H26O6. The summed E-state index contributed by atoms with van der Waals surface area (Å²) in [7, 11) is 4.74. The van der Waals surface area contributed by atoms with Gasteiger partial charge in [-0.15, -0.1) is 0 Å². The van der Waals surface area contributed by atoms with Gasteiger partial charge in [0.15, 0.2) is 5.78 Å². The molecule has 0 N–H and O–H groups in total. The van der Waals surface area contributed by atoms with Crippen molar-refractivity contribution in [1.82, 2.24) is 0 Å². The van der Waals surface area contributed by atoms with Crippen molar-refractivity contribution in [3.05, 3.63) is 59.7 Å². The second-order valence-corrected chi connectivity index (χ2v) is 6.95. The predicted octanol–water partition coefficient (Wildman–Crippen LogP) is 4.03. The summed E-state index contributed by atoms with van der Waals surface area (Å²) in [6.07, 6.45) is 2.03. The first-order chi connectivity index (χ1) is 14.5. The summed E-state index contributed by atoms with van der Waals surface area (Å²) in [4.78, 5) is 25.8. The Morgan fingerprint density at radius 3 is 2.23 bits per heavy atom. The van der Waals surface area contributed by atoms with E-state index in [1.54, 1.807) is 46.5 Å². The van der Waals surface area contributed by atoms with E-state index in [4.69, 9.17) is 18.9 Å². The number of methoxy groups -OCH3 is 3. The molecule has 30 heavy (non-hydrogen) atoms. The number of ketones is 1. The molecule has 0 aliphatic heterocycles. The van der Waals surface area contributed by atoms with E-state index in [0.29, 0.717) is 17.9 Å². The van der Waals surface area contributed by atoms with Gasteiger partial charge in [-0.3, -0.25) is 9.59 Å². The SMILES string of the molecule is CCOC(=O)[C@@H]1C(=O)C=C(c2ccc(OC)cc2)C[C@H]1c1cc(OC)ccc1OC. The van der Waals surface area contributed by atoms with Gasteiger partial charge in [-0.05, 0) is 60.9 Å². The molecule has 0 unspecified atom stereocenters. The highest BCUT2D eigenvalue weighted by Gasteiger charge is 2.41. The molecule has 2 aromatic carbocycles. The zero-order valence-corrected chi connectivity index (χ0v) is 17.6. The molecule has 2 atom stereocenters. The van der Waals surface area contributed by atoms with Crippen molar-refractivity contribution in [3.8, 4) is 17.2 Å². The minimum Gasteiger partial charge on any atom is -0.497 e. The van der Waals surface area contributed by atoms with E-state index in [9.17, 15) is 9.59 Å². The Morgan fingerprint density at radius 1 is 0.967 bits per heavy atom. The average Bonchev–Trinajstić information content (AvgIpc) is 2.78. The maximum atomic E-state index is 13.1. The molecule has 2 aromatic rings. The van der Waals surface area contributed by atoms with Crippen LogP contribution in [0.5, 0.6) is 17.2 Å². The number of carbonyl (C=O) groups excluding carboxylic acids is 2. The summed E-state index contributed by atoms with van der Waals surface area (Å²) in [6, 6.07) is 12.9. The van der Waals surface area contributed by atoms with Crippen molar-refractivity contribution in [2.75, 3.05) is 27.9 Å². The van der Waals surface area contributed by atoms with E-state index >= 15 is 0 Å². The van der Waals surface area contributed by atoms with Crippen LogP contribution >= 0.6 is 0 Å². The first-order valence-corrected chi connectivity index (χ1v) is 9.79. The van der Waals surface area contributed by atoms with E-state index < -0.39 is 17.8 Å². The summed E-state index contributed by atoms with van der Waals surface area (Å²) < 4.78 is 21.4. The zero-order valence-electron chi connectivity index (χ0n) is 17.6. The summed E-state index contributed by atoms with van der Waals surface area (Å²) in [5.41, 5.74) is 2.48. The molecule has 0 bridgehead atoms. The van der Waals surface area contributed by atoms with Crippen LogP contribution in [-0.2, 0) is 14.3 Å². The van der Waals surface area contributed by atoms with Gasteiger partial charge in [0.25, 0.3) is 0 Å². The molecule has 6 nitrogen and oxygen atoms in total. The lowest BCUT2D eigenvalue weighted by Crippen LogP contribution is -2.34. The Morgan fingerprint density at radius 2 is 1.63 bits per heavy atom. The molecule has 0 aromatic heterocycles. The lowest BCUT2D eigenvalue weighted by atomic mass is 9.73. The molecule has 1 aliphatic carbocycles. The van der Waals surface area contributed by atoms with Crippen LogP contribution in [0.4, 0.5) is 0 Å². The van der Waals surface area contributed by atoms with Gasteiger partial charge in [-0.25, -0.2) is 0 Å². The smallest absolute Gasteiger partial charge is 0.317 e. The predicted molar refractivity (Wildman–Crippen MR) is 113 cm³/mol. The molecule has 0 fully saturated rings. The monoisotopic (exact) mass is 410 g/mol. The fourth-order valence-electron chi connectivity index (χ4n) is 3.81. The molecule has 0 heterocycles. The fraction of sp³-hybridized carbons (Fsp3) is 0.333. The minimum absolute atomic E-state index is 0.208. The third kappa shape index (κ3) is 4.32. The third-order valence-electron chi connectivity index (χ3n) is 5.30. The van der Waals surface area contributed by atoms with Gasteiger partial charge in [-0.2, -0.15) is 0 Å². The number of carbonyl (C=O) groups is 2. The maximum Gasteiger partial charge on any atom is 0.317 e. The molecule has 158 valence electrons. The lowest BCUT2D eigenvalue weighted by molar-refractivity contribution is -0.151. The second-order valence-electron chi connectivity index (χ2n) is 6.95. The van der Waals surface area contributed by atoms with Crippen molar-refractivity contribution >= 4 is 17.3 Å². The van der Waals surface area contributed by atoms with Gasteiger partial charge in [-0.1, -0.05) is 12.1 Å². The quantitative estimate of drug-likeness (QED) is 0.507. The molecule has 0 saturated carbocycles. The Balaban J connectivity index is 2.08. The van der Waals surface area contributed by atoms with Crippen LogP contribution in [0.2, 0.25) is 0 Å². The third-order valence-corrected chi connectivity index (χ3v) is 5.30. The number of hydrogen-bond acceptors (Lipinski definition) is 6. The van der Waals surface area contributed by atoms with E-state index in [1.165, 1.54) is 0 Å². The maximum absolute atomic E-state index is 13.1. The molecule has 0 amide bonds. The van der Waals surface area contributed by atoms with Crippen LogP contribution in [0.3, 0.4) is 0 Å². The number of hydrogen-bond donors (Lipinski definition) is 0. The average molecular weight is 410 g/mol. The standard InChI is InChI=1S/C24H26O6/c1-5-30-24(26)23-20(19-14-18(28-3)10-11-22(19)29-4)12-16(13-21(23)25)15-6-8-17(27-2)9-7-15/h6-11,13-14,20,23H,5,12H2,1-4H3/t20-,23-/m0/s1. The topological polar surface area (TPSA) is 71.1 Å². The molecular weight excluding hydrogens is 384 g/mol. The normalized spacial score (nSPS) is 18.4. The van der Waals surface area contributed by atoms with E-state index in [1.807, 2.05) is 30.3 Å². The van der Waals surface area contributed by atoms with Gasteiger partial charge in [0, 0.05) is 11.5 Å². The van der Waals surface area contributed by atoms with Crippen LogP contribution < -0.4 is 14.2 Å². The number of allylic oxidation sites excluding steroid dienone is 2. The van der Waals surface area contributed by atoms with Crippen molar-refractivity contribution in [2.24, 2.45) is 5.92 Å². The Bertz CT molecular complexity index is 945. The number of benzene rings is 2. The van der Waals surface area contributed by atoms with Crippen LogP contribution in [0.25, 0.3) is 5.57 Å². The molecule has 3 rings (SSSR count). The first kappa shape index (κ1) is 21.4. The van der Waals surface area contributed by atoms with Crippen molar-refractivity contribution in [3.63, 3.8) is 0 Å². The highest BCUT2D eigenvalue weighted by Crippen LogP contribution is 2.44. The highest BCUT2D eigenvalue weighted by atomic mass is 16.5. The van der Waals surface area contributed by atoms with Crippen LogP contribution in [-0.4, -0.2) is 39.7 Å². The number of ether oxygens (including phenoxy) is 4. The first-order valence-electron chi connectivity index (χ1n) is 9.79. The van der Waals surface area contributed by atoms with Crippen LogP contribution in [0.1, 0.15) is 30.4 Å². The largest absolute Gasteiger partial charge is 0.497 e. The fourth-order valence-corrected chi connectivity index (χ4v) is 3.81. The van der Waals surface area contributed by atoms with Crippen molar-refractivity contribution in [2.45, 2.75) is 19.3 Å². The summed E-state index contributed by atoms with van der Waals surface area (Å²) in [6.45, 7) is 1.94. The highest BCUT2D eigenvalue weighted by molar-refractivity contribution is 6.10. The second kappa shape index (κ2) is 9.48. The number of esters is 1. The molecule has 1 aliphatic rings. The summed E-state index contributed by atoms with van der Waals surface area (Å²) >= 11 is 0. The van der Waals surface area contributed by atoms with Crippen molar-refractivity contribution < 1.29 is 28.5 Å². The van der Waals surface area contributed by atoms with Gasteiger partial charge < -0.3 is 18.9 Å². The van der Waals surface area contributed by atoms with Crippen LogP contribution in [0, 0.1) is 5.92 Å². The van der Waals surface area contributed by atoms with E-state index in [0.717, 1.165) is 22.4 Å². The minimum atomic E-state index is -0.937. The van der Waals surface area contributed by atoms with Gasteiger partial charge >= 0.3 is 5.97 Å². The summed E-state index contributed by atoms with van der Waals surface area (Å²) in [5.74, 6) is -0.225. The van der Waals surface area contributed by atoms with E-state index in [-0.39, 0.29) is 12.4 Å². The van der Waals surface area contributed by atoms with Gasteiger partial charge in [0.05, 0.1) is 27.9 Å². The summed E-state index contributed by atoms with van der Waals surface area (Å²) in [5, 5.41) is 0. The van der Waals surface area contributed by atoms with Gasteiger partial charge in [0.1, 0.15) is 23.2 Å². The molecule has 0 spiro atoms. The Kier molecular flexibility index (Phi) is 6.77. The van der Waals surface area contributed by atoms with Gasteiger partial charge in [0.2, 0.25) is 0 Å². The Labute approximate surface area is 176 Å². The molecule has 0 radical (unpaired) electrons. The molecule has 6 heteroatoms. The number of rotatable bonds is 7. The lowest BCUT2D eigenvalue weighted by Gasteiger charge is -2.30. The zero-order chi connectivity index (χ0) is 21.7. The van der Waals surface area contributed by atoms with E-state index in [2.05, 4.69) is 0 Å². The molecule has 0 saturated heterocycles.